The Bertz CT molecular complexity index is 799. The number of benzene rings is 1. The van der Waals surface area contributed by atoms with Crippen molar-refractivity contribution >= 4 is 11.8 Å². The molecule has 1 N–H and O–H groups in total. The Morgan fingerprint density at radius 3 is 2.50 bits per heavy atom. The predicted molar refractivity (Wildman–Crippen MR) is 96.9 cm³/mol. The number of nitrogens with one attached hydrogen (secondary N) is 1. The Labute approximate surface area is 161 Å². The quantitative estimate of drug-likeness (QED) is 0.818. The zero-order chi connectivity index (χ0) is 20.1. The Morgan fingerprint density at radius 2 is 1.93 bits per heavy atom. The van der Waals surface area contributed by atoms with E-state index in [1.165, 1.54) is 13.0 Å². The van der Waals surface area contributed by atoms with Crippen molar-refractivity contribution in [2.45, 2.75) is 38.8 Å². The average Bonchev–Trinajstić information content (AvgIpc) is 3.14. The van der Waals surface area contributed by atoms with E-state index in [9.17, 15) is 18.4 Å². The van der Waals surface area contributed by atoms with Crippen molar-refractivity contribution in [1.29, 1.82) is 0 Å². The highest BCUT2D eigenvalue weighted by Crippen LogP contribution is 2.26. The first kappa shape index (κ1) is 19.9. The summed E-state index contributed by atoms with van der Waals surface area (Å²) in [5.74, 6) is -1.86. The van der Waals surface area contributed by atoms with E-state index in [0.29, 0.717) is 19.0 Å². The van der Waals surface area contributed by atoms with Gasteiger partial charge in [0.1, 0.15) is 11.6 Å². The summed E-state index contributed by atoms with van der Waals surface area (Å²) in [5.41, 5.74) is -0.285. The van der Waals surface area contributed by atoms with Crippen LogP contribution in [0.4, 0.5) is 8.78 Å². The number of likely N-dealkylation sites (tertiary alicyclic amines) is 1. The van der Waals surface area contributed by atoms with Gasteiger partial charge in [-0.2, -0.15) is 0 Å². The molecule has 1 atom stereocenters. The molecular formula is C19H23F2N5O2. The molecular weight excluding hydrogens is 368 g/mol. The lowest BCUT2D eigenvalue weighted by Crippen LogP contribution is -2.41. The topological polar surface area (TPSA) is 80.1 Å². The van der Waals surface area contributed by atoms with Crippen molar-refractivity contribution in [2.75, 3.05) is 13.1 Å². The number of nitrogens with zero attached hydrogens (tertiary/aromatic N) is 4. The van der Waals surface area contributed by atoms with Crippen LogP contribution in [-0.2, 0) is 16.1 Å². The van der Waals surface area contributed by atoms with Crippen LogP contribution >= 0.6 is 0 Å². The molecule has 7 nitrogen and oxygen atoms in total. The monoisotopic (exact) mass is 391 g/mol. The molecule has 1 aliphatic rings. The highest BCUT2D eigenvalue weighted by molar-refractivity contribution is 5.79. The van der Waals surface area contributed by atoms with Crippen LogP contribution in [0.15, 0.2) is 30.6 Å². The van der Waals surface area contributed by atoms with Gasteiger partial charge in [0, 0.05) is 38.3 Å². The third-order valence-corrected chi connectivity index (χ3v) is 4.99. The number of hydrogen-bond donors (Lipinski definition) is 1. The molecule has 1 fully saturated rings. The number of rotatable bonds is 6. The van der Waals surface area contributed by atoms with Crippen LogP contribution in [0.3, 0.4) is 0 Å². The highest BCUT2D eigenvalue weighted by Gasteiger charge is 2.28. The summed E-state index contributed by atoms with van der Waals surface area (Å²) in [6, 6.07) is 2.44. The fourth-order valence-corrected chi connectivity index (χ4v) is 3.58. The molecule has 1 aliphatic heterocycles. The summed E-state index contributed by atoms with van der Waals surface area (Å²) in [6.45, 7) is 3.12. The first-order valence-electron chi connectivity index (χ1n) is 9.27. The van der Waals surface area contributed by atoms with Crippen LogP contribution in [0, 0.1) is 17.6 Å². The minimum Gasteiger partial charge on any atom is -0.349 e. The Balaban J connectivity index is 1.62. The van der Waals surface area contributed by atoms with Gasteiger partial charge >= 0.3 is 0 Å². The normalized spacial score (nSPS) is 16.0. The van der Waals surface area contributed by atoms with Crippen LogP contribution < -0.4 is 5.32 Å². The zero-order valence-electron chi connectivity index (χ0n) is 15.6. The Morgan fingerprint density at radius 1 is 1.25 bits per heavy atom. The summed E-state index contributed by atoms with van der Waals surface area (Å²) in [5, 5.41) is 10.2. The third-order valence-electron chi connectivity index (χ3n) is 4.99. The molecule has 2 amide bonds. The molecule has 0 spiro atoms. The van der Waals surface area contributed by atoms with E-state index in [-0.39, 0.29) is 17.9 Å². The van der Waals surface area contributed by atoms with Gasteiger partial charge in [-0.05, 0) is 30.9 Å². The van der Waals surface area contributed by atoms with E-state index in [2.05, 4.69) is 15.6 Å². The van der Waals surface area contributed by atoms with Crippen LogP contribution in [0.25, 0.3) is 0 Å². The van der Waals surface area contributed by atoms with Crippen LogP contribution in [0.5, 0.6) is 0 Å². The molecule has 1 aromatic heterocycles. The summed E-state index contributed by atoms with van der Waals surface area (Å²) >= 11 is 0. The molecule has 2 heterocycles. The van der Waals surface area contributed by atoms with E-state index < -0.39 is 23.6 Å². The Kier molecular flexibility index (Phi) is 6.33. The van der Waals surface area contributed by atoms with Gasteiger partial charge in [-0.25, -0.2) is 8.78 Å². The minimum atomic E-state index is -1.04. The van der Waals surface area contributed by atoms with Crippen molar-refractivity contribution in [1.82, 2.24) is 25.2 Å². The lowest BCUT2D eigenvalue weighted by atomic mass is 9.95. The molecule has 2 aromatic rings. The fraction of sp³-hybridized carbons (Fsp3) is 0.474. The van der Waals surface area contributed by atoms with Crippen molar-refractivity contribution in [3.63, 3.8) is 0 Å². The summed E-state index contributed by atoms with van der Waals surface area (Å²) < 4.78 is 30.1. The van der Waals surface area contributed by atoms with E-state index in [4.69, 9.17) is 0 Å². The molecule has 1 unspecified atom stereocenters. The first-order chi connectivity index (χ1) is 13.4. The van der Waals surface area contributed by atoms with Gasteiger partial charge < -0.3 is 10.2 Å². The smallest absolute Gasteiger partial charge is 0.224 e. The molecule has 1 saturated heterocycles. The summed E-state index contributed by atoms with van der Waals surface area (Å²) in [6.07, 6.45) is 4.86. The largest absolute Gasteiger partial charge is 0.349 e. The second-order valence-electron chi connectivity index (χ2n) is 7.04. The fourth-order valence-electron chi connectivity index (χ4n) is 3.58. The second-order valence-corrected chi connectivity index (χ2v) is 7.04. The average molecular weight is 391 g/mol. The van der Waals surface area contributed by atoms with Crippen molar-refractivity contribution < 1.29 is 18.4 Å². The SMILES string of the molecule is CC(=O)NC(CC(=O)N1CCC(Cn2ccnn2)CC1)c1c(F)cccc1F. The number of piperidine rings is 1. The second kappa shape index (κ2) is 8.90. The number of aromatic nitrogens is 3. The molecule has 3 rings (SSSR count). The van der Waals surface area contributed by atoms with Gasteiger partial charge in [-0.15, -0.1) is 5.10 Å². The Hall–Kier alpha value is -2.84. The maximum atomic E-state index is 14.1. The molecule has 9 heteroatoms. The molecule has 28 heavy (non-hydrogen) atoms. The molecule has 0 radical (unpaired) electrons. The first-order valence-corrected chi connectivity index (χ1v) is 9.27. The van der Waals surface area contributed by atoms with Gasteiger partial charge in [-0.3, -0.25) is 14.3 Å². The summed E-state index contributed by atoms with van der Waals surface area (Å²) in [4.78, 5) is 25.9. The van der Waals surface area contributed by atoms with Crippen LogP contribution in [-0.4, -0.2) is 44.8 Å². The van der Waals surface area contributed by atoms with Gasteiger partial charge in [0.05, 0.1) is 18.7 Å². The van der Waals surface area contributed by atoms with Crippen LogP contribution in [0.2, 0.25) is 0 Å². The zero-order valence-corrected chi connectivity index (χ0v) is 15.6. The predicted octanol–water partition coefficient (Wildman–Crippen LogP) is 2.06. The van der Waals surface area contributed by atoms with Gasteiger partial charge in [-0.1, -0.05) is 11.3 Å². The lowest BCUT2D eigenvalue weighted by Gasteiger charge is -2.33. The highest BCUT2D eigenvalue weighted by atomic mass is 19.1. The number of amides is 2. The molecule has 0 bridgehead atoms. The third kappa shape index (κ3) is 4.90. The van der Waals surface area contributed by atoms with Crippen molar-refractivity contribution in [3.05, 3.63) is 47.8 Å². The van der Waals surface area contributed by atoms with E-state index >= 15 is 0 Å². The van der Waals surface area contributed by atoms with E-state index in [1.54, 1.807) is 22.0 Å². The number of carbonyl (C=O) groups excluding carboxylic acids is 2. The standard InChI is InChI=1S/C19H23F2N5O2/c1-13(27)23-17(19-15(20)3-2-4-16(19)21)11-18(28)25-8-5-14(6-9-25)12-26-10-7-22-24-26/h2-4,7,10,14,17H,5-6,8-9,11-12H2,1H3,(H,23,27). The maximum absolute atomic E-state index is 14.1. The van der Waals surface area contributed by atoms with E-state index in [1.807, 2.05) is 0 Å². The maximum Gasteiger partial charge on any atom is 0.224 e. The van der Waals surface area contributed by atoms with Gasteiger partial charge in [0.25, 0.3) is 0 Å². The summed E-state index contributed by atoms with van der Waals surface area (Å²) in [7, 11) is 0. The van der Waals surface area contributed by atoms with E-state index in [0.717, 1.165) is 31.5 Å². The lowest BCUT2D eigenvalue weighted by molar-refractivity contribution is -0.133. The molecule has 150 valence electrons. The number of hydrogen-bond acceptors (Lipinski definition) is 4. The van der Waals surface area contributed by atoms with Crippen LogP contribution in [0.1, 0.15) is 37.8 Å². The van der Waals surface area contributed by atoms with Crippen molar-refractivity contribution in [3.8, 4) is 0 Å². The number of carbonyl (C=O) groups is 2. The molecule has 0 saturated carbocycles. The number of halogens is 2. The van der Waals surface area contributed by atoms with Crippen molar-refractivity contribution in [2.24, 2.45) is 5.92 Å². The van der Waals surface area contributed by atoms with Gasteiger partial charge in [0.15, 0.2) is 0 Å². The minimum absolute atomic E-state index is 0.189. The van der Waals surface area contributed by atoms with Gasteiger partial charge in [0.2, 0.25) is 11.8 Å². The molecule has 0 aliphatic carbocycles. The molecule has 1 aromatic carbocycles.